The molecule has 1 aliphatic carbocycles. The number of carbonyl (C=O) groups is 1. The summed E-state index contributed by atoms with van der Waals surface area (Å²) in [5, 5.41) is 12.5. The van der Waals surface area contributed by atoms with E-state index in [0.29, 0.717) is 5.02 Å². The first-order chi connectivity index (χ1) is 8.97. The number of anilines is 1. The predicted molar refractivity (Wildman–Crippen MR) is 71.8 cm³/mol. The monoisotopic (exact) mass is 286 g/mol. The van der Waals surface area contributed by atoms with E-state index in [1.807, 2.05) is 0 Å². The van der Waals surface area contributed by atoms with E-state index < -0.39 is 18.0 Å². The van der Waals surface area contributed by atoms with Gasteiger partial charge in [-0.3, -0.25) is 0 Å². The molecule has 2 rings (SSSR count). The van der Waals surface area contributed by atoms with Crippen molar-refractivity contribution in [2.75, 3.05) is 18.9 Å². The van der Waals surface area contributed by atoms with Crippen LogP contribution in [0.5, 0.6) is 0 Å². The van der Waals surface area contributed by atoms with Gasteiger partial charge in [-0.1, -0.05) is 11.6 Å². The second-order valence-corrected chi connectivity index (χ2v) is 5.28. The lowest BCUT2D eigenvalue weighted by Gasteiger charge is -2.21. The number of likely N-dealkylation sites (N-methyl/N-ethyl adjacent to an activating group) is 1. The highest BCUT2D eigenvalue weighted by Crippen LogP contribution is 2.32. The van der Waals surface area contributed by atoms with Crippen LogP contribution in [-0.4, -0.2) is 35.7 Å². The van der Waals surface area contributed by atoms with Crippen molar-refractivity contribution in [3.8, 4) is 0 Å². The average molecular weight is 287 g/mol. The molecule has 0 bridgehead atoms. The summed E-state index contributed by atoms with van der Waals surface area (Å²) in [6, 6.07) is 3.48. The molecule has 1 atom stereocenters. The Kier molecular flexibility index (Phi) is 4.27. The van der Waals surface area contributed by atoms with E-state index in [0.717, 1.165) is 12.8 Å². The number of carbonyl (C=O) groups excluding carboxylic acids is 1. The topological polar surface area (TPSA) is 52.6 Å². The van der Waals surface area contributed by atoms with Gasteiger partial charge in [0, 0.05) is 18.6 Å². The maximum atomic E-state index is 13.5. The molecule has 1 unspecified atom stereocenters. The minimum absolute atomic E-state index is 0.0326. The van der Waals surface area contributed by atoms with Crippen molar-refractivity contribution in [1.82, 2.24) is 4.90 Å². The van der Waals surface area contributed by atoms with Crippen LogP contribution in [0.4, 0.5) is 14.9 Å². The fourth-order valence-corrected chi connectivity index (χ4v) is 1.97. The lowest BCUT2D eigenvalue weighted by atomic mass is 10.2. The lowest BCUT2D eigenvalue weighted by Crippen LogP contribution is -2.38. The summed E-state index contributed by atoms with van der Waals surface area (Å²) < 4.78 is 13.5. The molecule has 0 saturated heterocycles. The molecule has 6 heteroatoms. The third kappa shape index (κ3) is 3.81. The van der Waals surface area contributed by atoms with Crippen LogP contribution in [0.15, 0.2) is 18.2 Å². The zero-order valence-electron chi connectivity index (χ0n) is 10.6. The highest BCUT2D eigenvalue weighted by Gasteiger charge is 2.31. The summed E-state index contributed by atoms with van der Waals surface area (Å²) in [4.78, 5) is 13.2. The first-order valence-corrected chi connectivity index (χ1v) is 6.50. The molecule has 104 valence electrons. The van der Waals surface area contributed by atoms with Gasteiger partial charge in [-0.05, 0) is 37.0 Å². The number of hydrogen-bond acceptors (Lipinski definition) is 2. The van der Waals surface area contributed by atoms with E-state index in [9.17, 15) is 14.3 Å². The number of halogens is 2. The van der Waals surface area contributed by atoms with E-state index in [-0.39, 0.29) is 18.2 Å². The molecule has 1 fully saturated rings. The van der Waals surface area contributed by atoms with Gasteiger partial charge in [-0.25, -0.2) is 9.18 Å². The third-order valence-corrected chi connectivity index (χ3v) is 3.38. The van der Waals surface area contributed by atoms with E-state index in [4.69, 9.17) is 11.6 Å². The Balaban J connectivity index is 1.93. The Morgan fingerprint density at radius 3 is 2.95 bits per heavy atom. The van der Waals surface area contributed by atoms with Crippen molar-refractivity contribution < 1.29 is 14.3 Å². The number of nitrogens with one attached hydrogen (secondary N) is 1. The van der Waals surface area contributed by atoms with E-state index >= 15 is 0 Å². The van der Waals surface area contributed by atoms with Crippen LogP contribution in [0.2, 0.25) is 5.02 Å². The van der Waals surface area contributed by atoms with Crippen LogP contribution in [0.25, 0.3) is 0 Å². The molecule has 19 heavy (non-hydrogen) atoms. The van der Waals surface area contributed by atoms with E-state index in [2.05, 4.69) is 5.32 Å². The maximum Gasteiger partial charge on any atom is 0.321 e. The largest absolute Gasteiger partial charge is 0.391 e. The van der Waals surface area contributed by atoms with Crippen molar-refractivity contribution in [3.63, 3.8) is 0 Å². The van der Waals surface area contributed by atoms with Crippen molar-refractivity contribution in [2.45, 2.75) is 18.9 Å². The summed E-state index contributed by atoms with van der Waals surface area (Å²) in [6.07, 6.45) is 1.49. The summed E-state index contributed by atoms with van der Waals surface area (Å²) >= 11 is 5.74. The number of aliphatic hydroxyl groups excluding tert-OH is 1. The molecular formula is C13H16ClFN2O2. The van der Waals surface area contributed by atoms with Gasteiger partial charge in [-0.15, -0.1) is 0 Å². The molecule has 0 radical (unpaired) electrons. The van der Waals surface area contributed by atoms with Gasteiger partial charge in [0.1, 0.15) is 5.82 Å². The molecule has 1 saturated carbocycles. The van der Waals surface area contributed by atoms with Crippen molar-refractivity contribution >= 4 is 23.3 Å². The summed E-state index contributed by atoms with van der Waals surface area (Å²) in [5.41, 5.74) is 0.0326. The third-order valence-electron chi connectivity index (χ3n) is 3.14. The van der Waals surface area contributed by atoms with Gasteiger partial charge in [0.05, 0.1) is 11.8 Å². The molecule has 2 N–H and O–H groups in total. The second kappa shape index (κ2) is 5.75. The van der Waals surface area contributed by atoms with Gasteiger partial charge in [0.2, 0.25) is 0 Å². The Morgan fingerprint density at radius 2 is 2.32 bits per heavy atom. The molecular weight excluding hydrogens is 271 g/mol. The van der Waals surface area contributed by atoms with Gasteiger partial charge in [0.15, 0.2) is 0 Å². The number of urea groups is 1. The number of amides is 2. The quantitative estimate of drug-likeness (QED) is 0.894. The fraction of sp³-hybridized carbons (Fsp3) is 0.462. The normalized spacial score (nSPS) is 16.0. The highest BCUT2D eigenvalue weighted by molar-refractivity contribution is 6.30. The minimum Gasteiger partial charge on any atom is -0.391 e. The van der Waals surface area contributed by atoms with Gasteiger partial charge in [-0.2, -0.15) is 0 Å². The Labute approximate surface area is 116 Å². The summed E-state index contributed by atoms with van der Waals surface area (Å²) in [7, 11) is 1.56. The molecule has 1 aromatic rings. The highest BCUT2D eigenvalue weighted by atomic mass is 35.5. The summed E-state index contributed by atoms with van der Waals surface area (Å²) in [6.45, 7) is 0.235. The zero-order valence-corrected chi connectivity index (χ0v) is 11.3. The maximum absolute atomic E-state index is 13.5. The van der Waals surface area contributed by atoms with Crippen LogP contribution in [0.3, 0.4) is 0 Å². The molecule has 0 aliphatic heterocycles. The minimum atomic E-state index is -0.547. The van der Waals surface area contributed by atoms with E-state index in [1.165, 1.54) is 23.1 Å². The predicted octanol–water partition coefficient (Wildman–Crippen LogP) is 2.71. The van der Waals surface area contributed by atoms with Crippen molar-refractivity contribution in [2.24, 2.45) is 5.92 Å². The summed E-state index contributed by atoms with van der Waals surface area (Å²) in [5.74, 6) is -0.257. The SMILES string of the molecule is CN(CC(O)C1CC1)C(=O)Nc1cc(Cl)ccc1F. The Morgan fingerprint density at radius 1 is 1.63 bits per heavy atom. The number of benzene rings is 1. The van der Waals surface area contributed by atoms with E-state index in [1.54, 1.807) is 7.05 Å². The first kappa shape index (κ1) is 14.1. The molecule has 2 amide bonds. The van der Waals surface area contributed by atoms with Crippen LogP contribution in [-0.2, 0) is 0 Å². The number of nitrogens with zero attached hydrogens (tertiary/aromatic N) is 1. The van der Waals surface area contributed by atoms with Gasteiger partial charge < -0.3 is 15.3 Å². The van der Waals surface area contributed by atoms with Crippen molar-refractivity contribution in [3.05, 3.63) is 29.0 Å². The first-order valence-electron chi connectivity index (χ1n) is 6.12. The molecule has 1 aromatic carbocycles. The van der Waals surface area contributed by atoms with Gasteiger partial charge >= 0.3 is 6.03 Å². The molecule has 4 nitrogen and oxygen atoms in total. The lowest BCUT2D eigenvalue weighted by molar-refractivity contribution is 0.117. The molecule has 0 heterocycles. The van der Waals surface area contributed by atoms with Crippen LogP contribution < -0.4 is 5.32 Å². The number of rotatable bonds is 4. The smallest absolute Gasteiger partial charge is 0.321 e. The molecule has 0 aromatic heterocycles. The van der Waals surface area contributed by atoms with Crippen molar-refractivity contribution in [1.29, 1.82) is 0 Å². The van der Waals surface area contributed by atoms with Crippen LogP contribution >= 0.6 is 11.6 Å². The fourth-order valence-electron chi connectivity index (χ4n) is 1.80. The Bertz CT molecular complexity index is 480. The number of aliphatic hydroxyl groups is 1. The molecule has 1 aliphatic rings. The van der Waals surface area contributed by atoms with Crippen LogP contribution in [0.1, 0.15) is 12.8 Å². The van der Waals surface area contributed by atoms with Crippen LogP contribution in [0, 0.1) is 11.7 Å². The van der Waals surface area contributed by atoms with Gasteiger partial charge in [0.25, 0.3) is 0 Å². The Hall–Kier alpha value is -1.33. The molecule has 0 spiro atoms. The number of hydrogen-bond donors (Lipinski definition) is 2. The zero-order chi connectivity index (χ0) is 14.0. The standard InChI is InChI=1S/C13H16ClFN2O2/c1-17(7-12(18)8-2-3-8)13(19)16-11-6-9(14)4-5-10(11)15/h4-6,8,12,18H,2-3,7H2,1H3,(H,16,19). The average Bonchev–Trinajstić information content (AvgIpc) is 3.17. The second-order valence-electron chi connectivity index (χ2n) is 4.84.